The summed E-state index contributed by atoms with van der Waals surface area (Å²) in [5, 5.41) is 9.52. The van der Waals surface area contributed by atoms with Crippen molar-refractivity contribution in [2.45, 2.75) is 44.5 Å². The van der Waals surface area contributed by atoms with E-state index in [9.17, 15) is 19.3 Å². The van der Waals surface area contributed by atoms with Crippen molar-refractivity contribution in [1.82, 2.24) is 9.55 Å². The zero-order valence-electron chi connectivity index (χ0n) is 14.6. The molecule has 0 bridgehead atoms. The van der Waals surface area contributed by atoms with Crippen LogP contribution in [0.5, 0.6) is 0 Å². The lowest BCUT2D eigenvalue weighted by molar-refractivity contribution is -0.0928. The lowest BCUT2D eigenvalue weighted by atomic mass is 10.1. The molecule has 12 heteroatoms. The summed E-state index contributed by atoms with van der Waals surface area (Å²) in [7, 11) is -1.87. The smallest absolute Gasteiger partial charge is 0.330 e. The van der Waals surface area contributed by atoms with Crippen molar-refractivity contribution in [2.75, 3.05) is 20.3 Å². The molecule has 0 radical (unpaired) electrons. The van der Waals surface area contributed by atoms with Gasteiger partial charge >= 0.3 is 13.9 Å². The third-order valence-electron chi connectivity index (χ3n) is 4.05. The van der Waals surface area contributed by atoms with Crippen LogP contribution in [0.3, 0.4) is 0 Å². The van der Waals surface area contributed by atoms with Crippen molar-refractivity contribution < 1.29 is 33.3 Å². The highest BCUT2D eigenvalue weighted by molar-refractivity contribution is 7.32. The minimum absolute atomic E-state index is 0.0858. The van der Waals surface area contributed by atoms with Gasteiger partial charge in [0.25, 0.3) is 5.56 Å². The van der Waals surface area contributed by atoms with E-state index in [1.165, 1.54) is 20.2 Å². The summed E-state index contributed by atoms with van der Waals surface area (Å²) in [6.45, 7) is 2.82. The van der Waals surface area contributed by atoms with Gasteiger partial charge in [-0.15, -0.1) is 0 Å². The third-order valence-corrected chi connectivity index (χ3v) is 4.52. The van der Waals surface area contributed by atoms with Gasteiger partial charge in [-0.3, -0.25) is 18.9 Å². The number of methoxy groups -OCH3 is 1. The summed E-state index contributed by atoms with van der Waals surface area (Å²) in [5.41, 5.74) is -1.02. The molecule has 1 aliphatic rings. The number of nitrogens with zero attached hydrogens (tertiary/aromatic N) is 1. The Morgan fingerprint density at radius 3 is 2.69 bits per heavy atom. The van der Waals surface area contributed by atoms with E-state index in [4.69, 9.17) is 23.6 Å². The van der Waals surface area contributed by atoms with E-state index in [-0.39, 0.29) is 18.3 Å². The maximum Gasteiger partial charge on any atom is 0.330 e. The van der Waals surface area contributed by atoms with Crippen molar-refractivity contribution in [3.8, 4) is 0 Å². The maximum atomic E-state index is 12.2. The fraction of sp³-hybridized carbons (Fsp3) is 0.714. The highest BCUT2D eigenvalue weighted by Crippen LogP contribution is 2.37. The summed E-state index contributed by atoms with van der Waals surface area (Å²) < 4.78 is 33.7. The van der Waals surface area contributed by atoms with Crippen LogP contribution in [0.1, 0.15) is 18.7 Å². The Bertz CT molecular complexity index is 749. The summed E-state index contributed by atoms with van der Waals surface area (Å²) in [4.78, 5) is 35.1. The Kier molecular flexibility index (Phi) is 7.30. The molecule has 1 aromatic heterocycles. The average Bonchev–Trinajstić information content (AvgIpc) is 2.92. The number of rotatable bonds is 8. The largest absolute Gasteiger partial charge is 0.394 e. The fourth-order valence-electron chi connectivity index (χ4n) is 2.60. The van der Waals surface area contributed by atoms with Crippen molar-refractivity contribution >= 4 is 8.25 Å². The number of aromatic amines is 1. The van der Waals surface area contributed by atoms with Gasteiger partial charge < -0.3 is 28.7 Å². The molecule has 0 saturated carbocycles. The Labute approximate surface area is 149 Å². The lowest BCUT2D eigenvalue weighted by Crippen LogP contribution is -2.41. The molecule has 0 aromatic carbocycles. The summed E-state index contributed by atoms with van der Waals surface area (Å²) in [5.74, 6) is 0. The zero-order chi connectivity index (χ0) is 19.4. The van der Waals surface area contributed by atoms with Crippen LogP contribution in [0.2, 0.25) is 0 Å². The Balaban J connectivity index is 2.40. The first-order valence-electron chi connectivity index (χ1n) is 7.90. The summed E-state index contributed by atoms with van der Waals surface area (Å²) in [6.07, 6.45) is -3.17. The van der Waals surface area contributed by atoms with Crippen LogP contribution in [0.4, 0.5) is 0 Å². The number of aliphatic hydroxyl groups excluding tert-OH is 1. The molecular weight excluding hydrogens is 371 g/mol. The predicted octanol–water partition coefficient (Wildman–Crippen LogP) is -1.08. The van der Waals surface area contributed by atoms with E-state index in [2.05, 4.69) is 4.98 Å². The van der Waals surface area contributed by atoms with Crippen molar-refractivity contribution in [3.63, 3.8) is 0 Å². The quantitative estimate of drug-likeness (QED) is 0.468. The van der Waals surface area contributed by atoms with Gasteiger partial charge in [0.05, 0.1) is 19.3 Å². The molecule has 1 saturated heterocycles. The van der Waals surface area contributed by atoms with Gasteiger partial charge in [-0.25, -0.2) is 4.79 Å². The summed E-state index contributed by atoms with van der Waals surface area (Å²) >= 11 is 0. The van der Waals surface area contributed by atoms with Gasteiger partial charge in [-0.2, -0.15) is 0 Å². The molecular formula is C14H23N2O9P. The van der Waals surface area contributed by atoms with Crippen molar-refractivity contribution in [1.29, 1.82) is 0 Å². The predicted molar refractivity (Wildman–Crippen MR) is 89.4 cm³/mol. The normalized spacial score (nSPS) is 28.2. The highest BCUT2D eigenvalue weighted by Gasteiger charge is 2.48. The Morgan fingerprint density at radius 2 is 2.12 bits per heavy atom. The van der Waals surface area contributed by atoms with E-state index in [1.807, 2.05) is 0 Å². The standard InChI is InChI=1S/C14H23N2O9P/c1-7-4-16(14(19)15-12(7)18)13-11(23-6-8(2)22-3)10(25-26(20)21)9(5-17)24-13/h4,8-11,13,17,26H,5-6H2,1-3H3,(H,20,21)(H,15,18,19)/t8-,9+,10?,11-,13+/m0/s1. The number of aryl methyl sites for hydroxylation is 1. The first-order chi connectivity index (χ1) is 12.3. The molecule has 11 nitrogen and oxygen atoms in total. The average molecular weight is 394 g/mol. The number of hydrogen-bond donors (Lipinski definition) is 3. The number of aliphatic hydroxyl groups is 1. The molecule has 148 valence electrons. The molecule has 1 fully saturated rings. The first-order valence-corrected chi connectivity index (χ1v) is 9.17. The molecule has 0 spiro atoms. The SMILES string of the molecule is CO[C@@H](C)CO[C@H]1C(O[PH](=O)O)[C@@H](CO)O[C@H]1n1cc(C)c(=O)[nH]c1=O. The van der Waals surface area contributed by atoms with Gasteiger partial charge in [0.15, 0.2) is 6.23 Å². The van der Waals surface area contributed by atoms with E-state index >= 15 is 0 Å². The Morgan fingerprint density at radius 1 is 1.42 bits per heavy atom. The minimum Gasteiger partial charge on any atom is -0.394 e. The van der Waals surface area contributed by atoms with Crippen LogP contribution in [0.15, 0.2) is 15.8 Å². The second-order valence-corrected chi connectivity index (χ2v) is 6.69. The molecule has 2 rings (SSSR count). The van der Waals surface area contributed by atoms with Gasteiger partial charge in [0.2, 0.25) is 0 Å². The van der Waals surface area contributed by atoms with Crippen molar-refractivity contribution in [2.24, 2.45) is 0 Å². The molecule has 3 N–H and O–H groups in total. The molecule has 1 aliphatic heterocycles. The van der Waals surface area contributed by atoms with Crippen LogP contribution in [0, 0.1) is 6.92 Å². The van der Waals surface area contributed by atoms with Gasteiger partial charge in [-0.05, 0) is 13.8 Å². The molecule has 2 heterocycles. The van der Waals surface area contributed by atoms with E-state index in [0.717, 1.165) is 4.57 Å². The molecule has 0 aliphatic carbocycles. The van der Waals surface area contributed by atoms with E-state index < -0.39 is 50.7 Å². The van der Waals surface area contributed by atoms with Crippen molar-refractivity contribution in [3.05, 3.63) is 32.6 Å². The second kappa shape index (κ2) is 9.05. The molecule has 2 unspecified atom stereocenters. The monoisotopic (exact) mass is 394 g/mol. The first kappa shape index (κ1) is 21.0. The van der Waals surface area contributed by atoms with Crippen LogP contribution < -0.4 is 11.2 Å². The van der Waals surface area contributed by atoms with Gasteiger partial charge in [0, 0.05) is 18.9 Å². The molecule has 1 aromatic rings. The van der Waals surface area contributed by atoms with Crippen LogP contribution in [0.25, 0.3) is 0 Å². The number of hydrogen-bond acceptors (Lipinski definition) is 8. The molecule has 6 atom stereocenters. The van der Waals surface area contributed by atoms with Crippen LogP contribution in [-0.4, -0.2) is 64.3 Å². The maximum absolute atomic E-state index is 12.2. The second-order valence-electron chi connectivity index (χ2n) is 5.92. The molecule has 26 heavy (non-hydrogen) atoms. The number of H-pyrrole nitrogens is 1. The van der Waals surface area contributed by atoms with E-state index in [0.29, 0.717) is 0 Å². The topological polar surface area (TPSA) is 149 Å². The van der Waals surface area contributed by atoms with Crippen LogP contribution >= 0.6 is 8.25 Å². The van der Waals surface area contributed by atoms with Gasteiger partial charge in [-0.1, -0.05) is 0 Å². The fourth-order valence-corrected chi connectivity index (χ4v) is 3.12. The zero-order valence-corrected chi connectivity index (χ0v) is 15.6. The number of aromatic nitrogens is 2. The number of ether oxygens (including phenoxy) is 3. The minimum atomic E-state index is -3.36. The van der Waals surface area contributed by atoms with Gasteiger partial charge in [0.1, 0.15) is 18.3 Å². The lowest BCUT2D eigenvalue weighted by Gasteiger charge is -2.25. The van der Waals surface area contributed by atoms with Crippen LogP contribution in [-0.2, 0) is 23.3 Å². The molecule has 0 amide bonds. The highest BCUT2D eigenvalue weighted by atomic mass is 31.1. The van der Waals surface area contributed by atoms with E-state index in [1.54, 1.807) is 6.92 Å². The Hall–Kier alpha value is -1.33. The third kappa shape index (κ3) is 4.68. The number of nitrogens with one attached hydrogen (secondary N) is 1. The summed E-state index contributed by atoms with van der Waals surface area (Å²) in [6, 6.07) is 0.